The van der Waals surface area contributed by atoms with Gasteiger partial charge in [0.1, 0.15) is 0 Å². The first-order valence-electron chi connectivity index (χ1n) is 7.35. The van der Waals surface area contributed by atoms with Crippen LogP contribution in [0.2, 0.25) is 0 Å². The van der Waals surface area contributed by atoms with Crippen LogP contribution in [0.5, 0.6) is 0 Å². The molecule has 1 aromatic carbocycles. The molecule has 0 amide bonds. The van der Waals surface area contributed by atoms with Crippen LogP contribution in [0.25, 0.3) is 11.0 Å². The smallest absolute Gasteiger partial charge is 0.316 e. The van der Waals surface area contributed by atoms with Crippen LogP contribution in [0.1, 0.15) is 32.3 Å². The Hall–Kier alpha value is -1.88. The maximum Gasteiger partial charge on any atom is 0.316 e. The number of hydrogen-bond acceptors (Lipinski definition) is 3. The number of nitrogens with zero attached hydrogens (tertiary/aromatic N) is 2. The molecule has 0 atom stereocenters. The second-order valence-electron chi connectivity index (χ2n) is 6.30. The van der Waals surface area contributed by atoms with Gasteiger partial charge in [0, 0.05) is 19.7 Å². The average Bonchev–Trinajstić information content (AvgIpc) is 2.46. The van der Waals surface area contributed by atoms with E-state index in [-0.39, 0.29) is 12.0 Å². The van der Waals surface area contributed by atoms with E-state index >= 15 is 0 Å². The number of rotatable bonds is 3. The molecule has 0 aliphatic carbocycles. The summed E-state index contributed by atoms with van der Waals surface area (Å²) in [5, 5.41) is 9.01. The van der Waals surface area contributed by atoms with Gasteiger partial charge in [0.15, 0.2) is 0 Å². The van der Waals surface area contributed by atoms with Crippen LogP contribution < -0.4 is 11.1 Å². The number of benzene rings is 1. The monoisotopic (exact) mass is 288 g/mol. The van der Waals surface area contributed by atoms with Crippen LogP contribution in [-0.2, 0) is 18.5 Å². The van der Waals surface area contributed by atoms with Gasteiger partial charge in [-0.05, 0) is 29.9 Å². The van der Waals surface area contributed by atoms with E-state index in [0.29, 0.717) is 19.5 Å². The normalized spacial score (nSPS) is 16.3. The Bertz CT molecular complexity index is 815. The number of aliphatic hydroxyl groups excluding tert-OH is 1. The minimum atomic E-state index is -0.493. The highest BCUT2D eigenvalue weighted by Crippen LogP contribution is 2.36. The Morgan fingerprint density at radius 3 is 2.71 bits per heavy atom. The summed E-state index contributed by atoms with van der Waals surface area (Å²) in [6, 6.07) is 5.86. The molecule has 0 saturated heterocycles. The van der Waals surface area contributed by atoms with Gasteiger partial charge in [-0.15, -0.1) is 0 Å². The molecule has 0 saturated carbocycles. The molecule has 2 heterocycles. The molecule has 0 bridgehead atoms. The number of para-hydroxylation sites is 1. The zero-order chi connectivity index (χ0) is 15.2. The zero-order valence-electron chi connectivity index (χ0n) is 12.4. The second kappa shape index (κ2) is 4.84. The van der Waals surface area contributed by atoms with Gasteiger partial charge in [-0.2, -0.15) is 0 Å². The van der Waals surface area contributed by atoms with E-state index in [2.05, 4.69) is 13.8 Å². The van der Waals surface area contributed by atoms with Crippen LogP contribution >= 0.6 is 0 Å². The van der Waals surface area contributed by atoms with E-state index in [9.17, 15) is 9.59 Å². The third-order valence-corrected chi connectivity index (χ3v) is 4.48. The lowest BCUT2D eigenvalue weighted by Crippen LogP contribution is -2.44. The van der Waals surface area contributed by atoms with E-state index in [1.807, 2.05) is 18.2 Å². The largest absolute Gasteiger partial charge is 0.396 e. The molecule has 0 fully saturated rings. The van der Waals surface area contributed by atoms with Gasteiger partial charge in [0.2, 0.25) is 0 Å². The highest BCUT2D eigenvalue weighted by atomic mass is 16.3. The molecular weight excluding hydrogens is 268 g/mol. The highest BCUT2D eigenvalue weighted by Gasteiger charge is 2.30. The first-order chi connectivity index (χ1) is 9.97. The molecule has 3 rings (SSSR count). The summed E-state index contributed by atoms with van der Waals surface area (Å²) in [6.07, 6.45) is 1.31. The molecule has 2 aromatic rings. The van der Waals surface area contributed by atoms with Crippen LogP contribution in [0.3, 0.4) is 0 Å². The van der Waals surface area contributed by atoms with E-state index in [1.165, 1.54) is 4.57 Å². The van der Waals surface area contributed by atoms with Crippen LogP contribution in [0, 0.1) is 0 Å². The lowest BCUT2D eigenvalue weighted by Gasteiger charge is -2.33. The van der Waals surface area contributed by atoms with Crippen LogP contribution in [0.15, 0.2) is 27.8 Å². The predicted molar refractivity (Wildman–Crippen MR) is 81.8 cm³/mol. The molecular formula is C16H20N2O3. The maximum atomic E-state index is 12.4. The molecule has 21 heavy (non-hydrogen) atoms. The first-order valence-corrected chi connectivity index (χ1v) is 7.35. The third-order valence-electron chi connectivity index (χ3n) is 4.48. The number of hydrogen-bond donors (Lipinski definition) is 1. The maximum absolute atomic E-state index is 12.4. The van der Waals surface area contributed by atoms with Crippen molar-refractivity contribution in [2.45, 2.75) is 45.2 Å². The van der Waals surface area contributed by atoms with Crippen molar-refractivity contribution in [3.8, 4) is 0 Å². The van der Waals surface area contributed by atoms with Crippen molar-refractivity contribution in [1.29, 1.82) is 0 Å². The molecule has 1 aliphatic rings. The Morgan fingerprint density at radius 2 is 2.00 bits per heavy atom. The topological polar surface area (TPSA) is 64.2 Å². The van der Waals surface area contributed by atoms with Gasteiger partial charge in [0.25, 0.3) is 0 Å². The molecule has 1 N–H and O–H groups in total. The molecule has 5 heteroatoms. The summed E-state index contributed by atoms with van der Waals surface area (Å²) in [5.41, 5.74) is 1.82. The molecule has 0 unspecified atom stereocenters. The van der Waals surface area contributed by atoms with Gasteiger partial charge in [-0.1, -0.05) is 26.0 Å². The average molecular weight is 288 g/mol. The minimum absolute atomic E-state index is 0.00218. The van der Waals surface area contributed by atoms with Crippen LogP contribution in [0.4, 0.5) is 0 Å². The van der Waals surface area contributed by atoms with Crippen molar-refractivity contribution in [2.75, 3.05) is 6.61 Å². The zero-order valence-corrected chi connectivity index (χ0v) is 12.4. The summed E-state index contributed by atoms with van der Waals surface area (Å²) < 4.78 is 3.13. The van der Waals surface area contributed by atoms with E-state index in [0.717, 1.165) is 23.0 Å². The second-order valence-corrected chi connectivity index (χ2v) is 6.30. The molecule has 0 spiro atoms. The fourth-order valence-electron chi connectivity index (χ4n) is 3.21. The van der Waals surface area contributed by atoms with Crippen molar-refractivity contribution < 1.29 is 5.11 Å². The summed E-state index contributed by atoms with van der Waals surface area (Å²) in [4.78, 5) is 24.7. The van der Waals surface area contributed by atoms with Crippen LogP contribution in [-0.4, -0.2) is 20.8 Å². The Morgan fingerprint density at radius 1 is 1.24 bits per heavy atom. The third kappa shape index (κ3) is 2.03. The van der Waals surface area contributed by atoms with Gasteiger partial charge in [0.05, 0.1) is 11.0 Å². The predicted octanol–water partition coefficient (Wildman–Crippen LogP) is 1.23. The van der Waals surface area contributed by atoms with E-state index < -0.39 is 11.1 Å². The summed E-state index contributed by atoms with van der Waals surface area (Å²) in [7, 11) is 0. The molecule has 1 aliphatic heterocycles. The van der Waals surface area contributed by atoms with Gasteiger partial charge >= 0.3 is 11.1 Å². The van der Waals surface area contributed by atoms with Crippen molar-refractivity contribution in [3.63, 3.8) is 0 Å². The number of aromatic nitrogens is 2. The molecule has 5 nitrogen and oxygen atoms in total. The number of aliphatic hydroxyl groups is 1. The Balaban J connectivity index is 2.43. The van der Waals surface area contributed by atoms with Crippen molar-refractivity contribution >= 4 is 11.0 Å². The van der Waals surface area contributed by atoms with Gasteiger partial charge in [-0.25, -0.2) is 0 Å². The summed E-state index contributed by atoms with van der Waals surface area (Å²) >= 11 is 0. The quantitative estimate of drug-likeness (QED) is 0.864. The number of aryl methyl sites for hydroxylation is 2. The highest BCUT2D eigenvalue weighted by molar-refractivity contribution is 5.80. The standard InChI is InChI=1S/C16H20N2O3/c1-16(2)7-9-18-13-11(16)5-3-6-12(13)17(8-4-10-19)14(20)15(18)21/h3,5-6,19H,4,7-10H2,1-2H3. The first kappa shape index (κ1) is 14.1. The summed E-state index contributed by atoms with van der Waals surface area (Å²) in [5.74, 6) is 0. The minimum Gasteiger partial charge on any atom is -0.396 e. The van der Waals surface area contributed by atoms with E-state index in [4.69, 9.17) is 5.11 Å². The van der Waals surface area contributed by atoms with Gasteiger partial charge < -0.3 is 14.2 Å². The molecule has 112 valence electrons. The van der Waals surface area contributed by atoms with Crippen molar-refractivity contribution in [1.82, 2.24) is 9.13 Å². The molecule has 1 aromatic heterocycles. The van der Waals surface area contributed by atoms with Crippen molar-refractivity contribution in [2.24, 2.45) is 0 Å². The molecule has 0 radical (unpaired) electrons. The van der Waals surface area contributed by atoms with E-state index in [1.54, 1.807) is 4.57 Å². The summed E-state index contributed by atoms with van der Waals surface area (Å²) in [6.45, 7) is 5.28. The Labute approximate surface area is 122 Å². The Kier molecular flexibility index (Phi) is 3.24. The van der Waals surface area contributed by atoms with Crippen molar-refractivity contribution in [3.05, 3.63) is 44.5 Å². The fourth-order valence-corrected chi connectivity index (χ4v) is 3.21. The van der Waals surface area contributed by atoms with Gasteiger partial charge in [-0.3, -0.25) is 9.59 Å². The SMILES string of the molecule is CC1(C)CCn2c(=O)c(=O)n(CCCO)c3cccc1c32. The lowest BCUT2D eigenvalue weighted by atomic mass is 9.78. The fraction of sp³-hybridized carbons (Fsp3) is 0.500. The lowest BCUT2D eigenvalue weighted by molar-refractivity contribution is 0.279.